The van der Waals surface area contributed by atoms with Gasteiger partial charge < -0.3 is 4.42 Å². The topological polar surface area (TPSA) is 38.9 Å². The summed E-state index contributed by atoms with van der Waals surface area (Å²) < 4.78 is 5.44. The molecule has 0 radical (unpaired) electrons. The minimum atomic E-state index is 0.525. The van der Waals surface area contributed by atoms with Crippen molar-refractivity contribution in [3.05, 3.63) is 34.2 Å². The molecule has 0 atom stereocenters. The Hall–Kier alpha value is -0.870. The first-order valence-electron chi connectivity index (χ1n) is 5.28. The maximum Gasteiger partial charge on any atom is 0.217 e. The van der Waals surface area contributed by atoms with E-state index in [1.807, 2.05) is 0 Å². The van der Waals surface area contributed by atoms with Gasteiger partial charge in [-0.1, -0.05) is 6.07 Å². The van der Waals surface area contributed by atoms with Gasteiger partial charge in [-0.15, -0.1) is 33.1 Å². The zero-order chi connectivity index (χ0) is 11.2. The van der Waals surface area contributed by atoms with Crippen LogP contribution in [0.1, 0.15) is 23.1 Å². The highest BCUT2D eigenvalue weighted by Crippen LogP contribution is 2.13. The minimum absolute atomic E-state index is 0.525. The molecule has 0 N–H and O–H groups in total. The van der Waals surface area contributed by atoms with Gasteiger partial charge in [0.05, 0.1) is 0 Å². The average molecular weight is 257 g/mol. The first-order chi connectivity index (χ1) is 7.88. The van der Waals surface area contributed by atoms with Crippen molar-refractivity contribution in [1.82, 2.24) is 10.2 Å². The smallest absolute Gasteiger partial charge is 0.217 e. The van der Waals surface area contributed by atoms with Crippen LogP contribution in [0.25, 0.3) is 0 Å². The number of aryl methyl sites for hydroxylation is 3. The standard InChI is InChI=1S/C11H13ClN2OS/c12-7-6-11-14-13-10(15-11)5-1-3-9-4-2-8-16-9/h2,4,8H,1,3,5-7H2. The summed E-state index contributed by atoms with van der Waals surface area (Å²) in [5.74, 6) is 1.88. The molecule has 0 amide bonds. The van der Waals surface area contributed by atoms with Crippen molar-refractivity contribution in [3.63, 3.8) is 0 Å². The van der Waals surface area contributed by atoms with Crippen LogP contribution >= 0.6 is 22.9 Å². The Kier molecular flexibility index (Phi) is 4.36. The summed E-state index contributed by atoms with van der Waals surface area (Å²) in [7, 11) is 0. The largest absolute Gasteiger partial charge is 0.425 e. The third-order valence-electron chi connectivity index (χ3n) is 2.21. The SMILES string of the molecule is ClCCc1nnc(CCCc2cccs2)o1. The number of rotatable bonds is 6. The third kappa shape index (κ3) is 3.32. The summed E-state index contributed by atoms with van der Waals surface area (Å²) in [6.45, 7) is 0. The summed E-state index contributed by atoms with van der Waals surface area (Å²) in [5.41, 5.74) is 0. The highest BCUT2D eigenvalue weighted by atomic mass is 35.5. The second-order valence-corrected chi connectivity index (χ2v) is 4.87. The summed E-state index contributed by atoms with van der Waals surface area (Å²) in [4.78, 5) is 1.40. The second kappa shape index (κ2) is 6.01. The quantitative estimate of drug-likeness (QED) is 0.746. The lowest BCUT2D eigenvalue weighted by molar-refractivity contribution is 0.449. The van der Waals surface area contributed by atoms with E-state index >= 15 is 0 Å². The normalized spacial score (nSPS) is 10.8. The number of aromatic nitrogens is 2. The van der Waals surface area contributed by atoms with Gasteiger partial charge in [0, 0.05) is 23.6 Å². The lowest BCUT2D eigenvalue weighted by Gasteiger charge is -1.94. The lowest BCUT2D eigenvalue weighted by Crippen LogP contribution is -1.88. The molecular weight excluding hydrogens is 244 g/mol. The second-order valence-electron chi connectivity index (χ2n) is 3.46. The number of hydrogen-bond donors (Lipinski definition) is 0. The molecule has 0 fully saturated rings. The predicted octanol–water partition coefficient (Wildman–Crippen LogP) is 3.09. The molecule has 0 saturated carbocycles. The third-order valence-corrected chi connectivity index (χ3v) is 3.34. The minimum Gasteiger partial charge on any atom is -0.425 e. The molecule has 2 heterocycles. The first kappa shape index (κ1) is 11.6. The maximum atomic E-state index is 5.59. The molecule has 0 saturated heterocycles. The van der Waals surface area contributed by atoms with Gasteiger partial charge in [-0.3, -0.25) is 0 Å². The van der Waals surface area contributed by atoms with Crippen LogP contribution in [-0.4, -0.2) is 16.1 Å². The zero-order valence-electron chi connectivity index (χ0n) is 8.86. The first-order valence-corrected chi connectivity index (χ1v) is 6.69. The van der Waals surface area contributed by atoms with E-state index in [1.54, 1.807) is 11.3 Å². The molecule has 0 unspecified atom stereocenters. The highest BCUT2D eigenvalue weighted by Gasteiger charge is 2.05. The summed E-state index contributed by atoms with van der Waals surface area (Å²) >= 11 is 7.38. The number of thiophene rings is 1. The van der Waals surface area contributed by atoms with Crippen molar-refractivity contribution in [2.75, 3.05) is 5.88 Å². The van der Waals surface area contributed by atoms with Crippen LogP contribution in [0.5, 0.6) is 0 Å². The van der Waals surface area contributed by atoms with Gasteiger partial charge in [-0.2, -0.15) is 0 Å². The van der Waals surface area contributed by atoms with Crippen molar-refractivity contribution < 1.29 is 4.42 Å². The van der Waals surface area contributed by atoms with Crippen LogP contribution in [0.4, 0.5) is 0 Å². The number of alkyl halides is 1. The van der Waals surface area contributed by atoms with Crippen LogP contribution in [0, 0.1) is 0 Å². The summed E-state index contributed by atoms with van der Waals surface area (Å²) in [5, 5.41) is 10.0. The van der Waals surface area contributed by atoms with E-state index in [2.05, 4.69) is 27.7 Å². The molecule has 2 aromatic heterocycles. The molecule has 2 rings (SSSR count). The molecule has 0 bridgehead atoms. The fourth-order valence-corrected chi connectivity index (χ4v) is 2.35. The zero-order valence-corrected chi connectivity index (χ0v) is 10.4. The van der Waals surface area contributed by atoms with Crippen molar-refractivity contribution >= 4 is 22.9 Å². The number of hydrogen-bond acceptors (Lipinski definition) is 4. The highest BCUT2D eigenvalue weighted by molar-refractivity contribution is 7.09. The monoisotopic (exact) mass is 256 g/mol. The van der Waals surface area contributed by atoms with Gasteiger partial charge in [0.2, 0.25) is 11.8 Å². The number of halogens is 1. The lowest BCUT2D eigenvalue weighted by atomic mass is 10.2. The Morgan fingerprint density at radius 2 is 2.00 bits per heavy atom. The molecule has 0 aromatic carbocycles. The van der Waals surface area contributed by atoms with E-state index in [1.165, 1.54) is 4.88 Å². The van der Waals surface area contributed by atoms with Crippen LogP contribution in [-0.2, 0) is 19.3 Å². The molecule has 2 aromatic rings. The van der Waals surface area contributed by atoms with E-state index in [0.29, 0.717) is 18.2 Å². The molecule has 3 nitrogen and oxygen atoms in total. The van der Waals surface area contributed by atoms with E-state index in [9.17, 15) is 0 Å². The van der Waals surface area contributed by atoms with Crippen molar-refractivity contribution in [2.45, 2.75) is 25.7 Å². The summed E-state index contributed by atoms with van der Waals surface area (Å²) in [6.07, 6.45) is 3.61. The van der Waals surface area contributed by atoms with E-state index < -0.39 is 0 Å². The van der Waals surface area contributed by atoms with Crippen LogP contribution in [0.2, 0.25) is 0 Å². The molecule has 86 valence electrons. The van der Waals surface area contributed by atoms with Crippen molar-refractivity contribution in [2.24, 2.45) is 0 Å². The van der Waals surface area contributed by atoms with Gasteiger partial charge in [0.25, 0.3) is 0 Å². The predicted molar refractivity (Wildman–Crippen MR) is 65.1 cm³/mol. The van der Waals surface area contributed by atoms with Crippen LogP contribution < -0.4 is 0 Å². The molecule has 5 heteroatoms. The Morgan fingerprint density at radius 1 is 1.19 bits per heavy atom. The Balaban J connectivity index is 1.76. The Labute approximate surface area is 103 Å². The average Bonchev–Trinajstić information content (AvgIpc) is 2.90. The van der Waals surface area contributed by atoms with Crippen LogP contribution in [0.15, 0.2) is 21.9 Å². The molecular formula is C11H13ClN2OS. The fourth-order valence-electron chi connectivity index (χ4n) is 1.44. The van der Waals surface area contributed by atoms with E-state index in [0.717, 1.165) is 25.2 Å². The van der Waals surface area contributed by atoms with Gasteiger partial charge in [-0.25, -0.2) is 0 Å². The Morgan fingerprint density at radius 3 is 2.69 bits per heavy atom. The van der Waals surface area contributed by atoms with E-state index in [-0.39, 0.29) is 0 Å². The van der Waals surface area contributed by atoms with Crippen LogP contribution in [0.3, 0.4) is 0 Å². The molecule has 16 heavy (non-hydrogen) atoms. The molecule has 0 aliphatic rings. The fraction of sp³-hybridized carbons (Fsp3) is 0.455. The molecule has 0 aliphatic heterocycles. The van der Waals surface area contributed by atoms with Crippen molar-refractivity contribution in [3.8, 4) is 0 Å². The van der Waals surface area contributed by atoms with Gasteiger partial charge in [0.15, 0.2) is 0 Å². The summed E-state index contributed by atoms with van der Waals surface area (Å²) in [6, 6.07) is 4.22. The van der Waals surface area contributed by atoms with E-state index in [4.69, 9.17) is 16.0 Å². The molecule has 0 spiro atoms. The number of nitrogens with zero attached hydrogens (tertiary/aromatic N) is 2. The van der Waals surface area contributed by atoms with Gasteiger partial charge >= 0.3 is 0 Å². The molecule has 0 aliphatic carbocycles. The van der Waals surface area contributed by atoms with Gasteiger partial charge in [-0.05, 0) is 24.3 Å². The maximum absolute atomic E-state index is 5.59. The Bertz CT molecular complexity index is 413. The van der Waals surface area contributed by atoms with Gasteiger partial charge in [0.1, 0.15) is 0 Å². The van der Waals surface area contributed by atoms with Crippen molar-refractivity contribution in [1.29, 1.82) is 0 Å².